The SMILES string of the molecule is O=C(NC1(CO)CCCC1)C1CC(=O)N(c2cc(F)cc(F)c2)C1. The number of aliphatic hydroxyl groups excluding tert-OH is 1. The summed E-state index contributed by atoms with van der Waals surface area (Å²) in [6.45, 7) is -0.0483. The highest BCUT2D eigenvalue weighted by atomic mass is 19.1. The van der Waals surface area contributed by atoms with Gasteiger partial charge < -0.3 is 15.3 Å². The number of anilines is 1. The number of amides is 2. The standard InChI is InChI=1S/C17H20F2N2O3/c18-12-6-13(19)8-14(7-12)21-9-11(5-15(21)23)16(24)20-17(10-22)3-1-2-4-17/h6-8,11,22H,1-5,9-10H2,(H,20,24). The molecule has 2 aliphatic rings. The van der Waals surface area contributed by atoms with E-state index in [0.29, 0.717) is 12.8 Å². The molecule has 1 aliphatic heterocycles. The number of benzene rings is 1. The maximum atomic E-state index is 13.3. The van der Waals surface area contributed by atoms with E-state index < -0.39 is 23.1 Å². The fourth-order valence-electron chi connectivity index (χ4n) is 3.57. The van der Waals surface area contributed by atoms with E-state index in [4.69, 9.17) is 0 Å². The summed E-state index contributed by atoms with van der Waals surface area (Å²) in [6.07, 6.45) is 3.31. The zero-order chi connectivity index (χ0) is 17.3. The Balaban J connectivity index is 1.71. The third-order valence-corrected chi connectivity index (χ3v) is 4.91. The predicted molar refractivity (Wildman–Crippen MR) is 83.2 cm³/mol. The lowest BCUT2D eigenvalue weighted by Crippen LogP contribution is -2.51. The van der Waals surface area contributed by atoms with Crippen LogP contribution >= 0.6 is 0 Å². The fourth-order valence-corrected chi connectivity index (χ4v) is 3.57. The van der Waals surface area contributed by atoms with Crippen LogP contribution in [0.2, 0.25) is 0 Å². The van der Waals surface area contributed by atoms with E-state index in [1.807, 2.05) is 0 Å². The molecule has 1 aromatic rings. The molecule has 0 radical (unpaired) electrons. The van der Waals surface area contributed by atoms with Gasteiger partial charge in [-0.05, 0) is 25.0 Å². The van der Waals surface area contributed by atoms with Crippen LogP contribution in [0.3, 0.4) is 0 Å². The van der Waals surface area contributed by atoms with E-state index in [2.05, 4.69) is 5.32 Å². The molecule has 1 heterocycles. The van der Waals surface area contributed by atoms with Crippen LogP contribution in [0.25, 0.3) is 0 Å². The Labute approximate surface area is 138 Å². The van der Waals surface area contributed by atoms with Crippen molar-refractivity contribution in [3.8, 4) is 0 Å². The zero-order valence-electron chi connectivity index (χ0n) is 13.2. The first-order valence-corrected chi connectivity index (χ1v) is 8.12. The first-order chi connectivity index (χ1) is 11.4. The number of hydrogen-bond acceptors (Lipinski definition) is 3. The molecule has 0 bridgehead atoms. The van der Waals surface area contributed by atoms with Gasteiger partial charge in [-0.3, -0.25) is 9.59 Å². The molecule has 1 aromatic carbocycles. The van der Waals surface area contributed by atoms with Gasteiger partial charge >= 0.3 is 0 Å². The van der Waals surface area contributed by atoms with Crippen LogP contribution < -0.4 is 10.2 Å². The first-order valence-electron chi connectivity index (χ1n) is 8.12. The molecule has 3 rings (SSSR count). The maximum Gasteiger partial charge on any atom is 0.227 e. The minimum atomic E-state index is -0.768. The predicted octanol–water partition coefficient (Wildman–Crippen LogP) is 1.74. The van der Waals surface area contributed by atoms with Crippen LogP contribution in [0.15, 0.2) is 18.2 Å². The Morgan fingerprint density at radius 2 is 1.88 bits per heavy atom. The van der Waals surface area contributed by atoms with Crippen molar-refractivity contribution in [2.75, 3.05) is 18.1 Å². The number of halogens is 2. The van der Waals surface area contributed by atoms with Crippen LogP contribution in [0.1, 0.15) is 32.1 Å². The van der Waals surface area contributed by atoms with E-state index in [9.17, 15) is 23.5 Å². The number of carbonyl (C=O) groups excluding carboxylic acids is 2. The lowest BCUT2D eigenvalue weighted by molar-refractivity contribution is -0.128. The molecule has 130 valence electrons. The molecule has 1 saturated carbocycles. The van der Waals surface area contributed by atoms with Gasteiger partial charge in [0.2, 0.25) is 11.8 Å². The maximum absolute atomic E-state index is 13.3. The number of rotatable bonds is 4. The highest BCUT2D eigenvalue weighted by Crippen LogP contribution is 2.31. The highest BCUT2D eigenvalue weighted by molar-refractivity contribution is 6.00. The molecule has 1 atom stereocenters. The summed E-state index contributed by atoms with van der Waals surface area (Å²) >= 11 is 0. The van der Waals surface area contributed by atoms with E-state index in [1.54, 1.807) is 0 Å². The summed E-state index contributed by atoms with van der Waals surface area (Å²) in [7, 11) is 0. The highest BCUT2D eigenvalue weighted by Gasteiger charge is 2.40. The molecule has 0 aromatic heterocycles. The molecule has 1 saturated heterocycles. The zero-order valence-corrected chi connectivity index (χ0v) is 13.2. The Bertz CT molecular complexity index is 639. The summed E-state index contributed by atoms with van der Waals surface area (Å²) in [6, 6.07) is 2.89. The molecule has 2 fully saturated rings. The van der Waals surface area contributed by atoms with E-state index in [1.165, 1.54) is 4.90 Å². The van der Waals surface area contributed by atoms with Gasteiger partial charge in [0, 0.05) is 24.7 Å². The molecular formula is C17H20F2N2O3. The summed E-state index contributed by atoms with van der Waals surface area (Å²) in [5.41, 5.74) is -0.482. The molecular weight excluding hydrogens is 318 g/mol. The Kier molecular flexibility index (Phi) is 4.54. The average molecular weight is 338 g/mol. The monoisotopic (exact) mass is 338 g/mol. The quantitative estimate of drug-likeness (QED) is 0.879. The van der Waals surface area contributed by atoms with E-state index >= 15 is 0 Å². The van der Waals surface area contributed by atoms with Crippen LogP contribution in [-0.4, -0.2) is 35.6 Å². The molecule has 2 amide bonds. The Morgan fingerprint density at radius 3 is 2.46 bits per heavy atom. The molecule has 5 nitrogen and oxygen atoms in total. The minimum absolute atomic E-state index is 0.00846. The van der Waals surface area contributed by atoms with Crippen molar-refractivity contribution in [2.45, 2.75) is 37.6 Å². The van der Waals surface area contributed by atoms with Gasteiger partial charge in [-0.2, -0.15) is 0 Å². The van der Waals surface area contributed by atoms with Crippen molar-refractivity contribution in [3.63, 3.8) is 0 Å². The van der Waals surface area contributed by atoms with Crippen molar-refractivity contribution in [1.82, 2.24) is 5.32 Å². The summed E-state index contributed by atoms with van der Waals surface area (Å²) in [4.78, 5) is 25.9. The Morgan fingerprint density at radius 1 is 1.25 bits per heavy atom. The third kappa shape index (κ3) is 3.26. The number of aliphatic hydroxyl groups is 1. The summed E-state index contributed by atoms with van der Waals surface area (Å²) in [5.74, 6) is -2.76. The second-order valence-corrected chi connectivity index (χ2v) is 6.67. The first kappa shape index (κ1) is 16.8. The smallest absolute Gasteiger partial charge is 0.227 e. The third-order valence-electron chi connectivity index (χ3n) is 4.91. The van der Waals surface area contributed by atoms with Crippen LogP contribution in [0.4, 0.5) is 14.5 Å². The van der Waals surface area contributed by atoms with Gasteiger partial charge in [-0.1, -0.05) is 12.8 Å². The fraction of sp³-hybridized carbons (Fsp3) is 0.529. The number of carbonyl (C=O) groups is 2. The van der Waals surface area contributed by atoms with Gasteiger partial charge in [0.15, 0.2) is 0 Å². The van der Waals surface area contributed by atoms with Crippen molar-refractivity contribution in [2.24, 2.45) is 5.92 Å². The van der Waals surface area contributed by atoms with Crippen LogP contribution in [0.5, 0.6) is 0 Å². The second kappa shape index (κ2) is 6.47. The number of hydrogen-bond donors (Lipinski definition) is 2. The number of nitrogens with zero attached hydrogens (tertiary/aromatic N) is 1. The molecule has 7 heteroatoms. The lowest BCUT2D eigenvalue weighted by Gasteiger charge is -2.29. The molecule has 1 unspecified atom stereocenters. The molecule has 2 N–H and O–H groups in total. The largest absolute Gasteiger partial charge is 0.394 e. The van der Waals surface area contributed by atoms with Crippen LogP contribution in [-0.2, 0) is 9.59 Å². The van der Waals surface area contributed by atoms with E-state index in [0.717, 1.165) is 31.0 Å². The molecule has 0 spiro atoms. The topological polar surface area (TPSA) is 69.6 Å². The number of nitrogens with one attached hydrogen (secondary N) is 1. The minimum Gasteiger partial charge on any atom is -0.394 e. The Hall–Kier alpha value is -2.02. The van der Waals surface area contributed by atoms with Crippen molar-refractivity contribution >= 4 is 17.5 Å². The van der Waals surface area contributed by atoms with Crippen molar-refractivity contribution in [1.29, 1.82) is 0 Å². The van der Waals surface area contributed by atoms with Crippen molar-refractivity contribution < 1.29 is 23.5 Å². The lowest BCUT2D eigenvalue weighted by atomic mass is 9.97. The van der Waals surface area contributed by atoms with Gasteiger partial charge in [0.1, 0.15) is 11.6 Å². The second-order valence-electron chi connectivity index (χ2n) is 6.67. The van der Waals surface area contributed by atoms with Gasteiger partial charge in [0.05, 0.1) is 18.1 Å². The normalized spacial score (nSPS) is 22.9. The average Bonchev–Trinajstić information content (AvgIpc) is 3.13. The summed E-state index contributed by atoms with van der Waals surface area (Å²) in [5, 5.41) is 12.5. The molecule has 24 heavy (non-hydrogen) atoms. The van der Waals surface area contributed by atoms with E-state index in [-0.39, 0.29) is 37.1 Å². The summed E-state index contributed by atoms with van der Waals surface area (Å²) < 4.78 is 26.7. The van der Waals surface area contributed by atoms with Gasteiger partial charge in [-0.25, -0.2) is 8.78 Å². The molecule has 1 aliphatic carbocycles. The van der Waals surface area contributed by atoms with Gasteiger partial charge in [0.25, 0.3) is 0 Å². The van der Waals surface area contributed by atoms with Crippen LogP contribution in [0, 0.1) is 17.6 Å². The van der Waals surface area contributed by atoms with Crippen molar-refractivity contribution in [3.05, 3.63) is 29.8 Å². The van der Waals surface area contributed by atoms with Gasteiger partial charge in [-0.15, -0.1) is 0 Å².